The molecular formula is C24H25Cl2N3O4S2. The third-order valence-corrected chi connectivity index (χ3v) is 9.88. The lowest BCUT2D eigenvalue weighted by Gasteiger charge is -2.24. The summed E-state index contributed by atoms with van der Waals surface area (Å²) in [7, 11) is -8.39. The number of rotatable bonds is 6. The molecule has 0 amide bonds. The first-order valence-corrected chi connectivity index (χ1v) is 14.6. The minimum absolute atomic E-state index is 0.0600. The summed E-state index contributed by atoms with van der Waals surface area (Å²) in [6.07, 6.45) is 2.52. The number of hydrogen-bond acceptors (Lipinski definition) is 5. The summed E-state index contributed by atoms with van der Waals surface area (Å²) >= 11 is 12.3. The highest BCUT2D eigenvalue weighted by Gasteiger charge is 2.31. The Morgan fingerprint density at radius 1 is 0.743 bits per heavy atom. The largest absolute Gasteiger partial charge is 0.397 e. The van der Waals surface area contributed by atoms with Gasteiger partial charge in [-0.05, 0) is 92.1 Å². The summed E-state index contributed by atoms with van der Waals surface area (Å²) < 4.78 is 59.1. The second kappa shape index (κ2) is 9.54. The minimum atomic E-state index is -4.23. The van der Waals surface area contributed by atoms with E-state index in [1.807, 2.05) is 0 Å². The third-order valence-electron chi connectivity index (χ3n) is 6.22. The first kappa shape index (κ1) is 25.6. The van der Waals surface area contributed by atoms with Gasteiger partial charge in [-0.3, -0.25) is 9.44 Å². The molecule has 0 unspecified atom stereocenters. The monoisotopic (exact) mass is 553 g/mol. The predicted molar refractivity (Wildman–Crippen MR) is 141 cm³/mol. The van der Waals surface area contributed by atoms with Crippen LogP contribution in [0.15, 0.2) is 52.3 Å². The Hall–Kier alpha value is -2.46. The zero-order valence-electron chi connectivity index (χ0n) is 19.2. The van der Waals surface area contributed by atoms with Crippen LogP contribution in [0, 0.1) is 13.8 Å². The number of anilines is 3. The molecule has 7 nitrogen and oxygen atoms in total. The van der Waals surface area contributed by atoms with Gasteiger partial charge in [0, 0.05) is 10.0 Å². The summed E-state index contributed by atoms with van der Waals surface area (Å²) in [5.74, 6) is 0. The van der Waals surface area contributed by atoms with Gasteiger partial charge in [-0.2, -0.15) is 0 Å². The number of hydrogen-bond donors (Lipinski definition) is 3. The zero-order chi connectivity index (χ0) is 25.5. The molecule has 0 atom stereocenters. The van der Waals surface area contributed by atoms with Crippen LogP contribution in [0.5, 0.6) is 0 Å². The molecule has 0 bridgehead atoms. The van der Waals surface area contributed by atoms with Crippen LogP contribution in [-0.2, 0) is 32.9 Å². The molecule has 0 saturated heterocycles. The van der Waals surface area contributed by atoms with Crippen LogP contribution >= 0.6 is 23.2 Å². The van der Waals surface area contributed by atoms with Gasteiger partial charge in [0.05, 0.1) is 22.0 Å². The number of nitrogens with one attached hydrogen (secondary N) is 2. The van der Waals surface area contributed by atoms with Gasteiger partial charge in [0.2, 0.25) is 0 Å². The Morgan fingerprint density at radius 3 is 1.71 bits per heavy atom. The molecule has 186 valence electrons. The van der Waals surface area contributed by atoms with E-state index in [1.54, 1.807) is 50.2 Å². The Labute approximate surface area is 215 Å². The van der Waals surface area contributed by atoms with Crippen LogP contribution in [0.1, 0.15) is 35.1 Å². The molecule has 0 aliphatic heterocycles. The second-order valence-electron chi connectivity index (χ2n) is 8.49. The second-order valence-corrected chi connectivity index (χ2v) is 12.6. The number of nitrogen functional groups attached to an aromatic ring is 1. The van der Waals surface area contributed by atoms with Crippen molar-refractivity contribution in [1.29, 1.82) is 0 Å². The van der Waals surface area contributed by atoms with E-state index < -0.39 is 20.0 Å². The minimum Gasteiger partial charge on any atom is -0.397 e. The van der Waals surface area contributed by atoms with Crippen molar-refractivity contribution in [1.82, 2.24) is 0 Å². The molecule has 0 aromatic heterocycles. The van der Waals surface area contributed by atoms with E-state index in [9.17, 15) is 16.8 Å². The van der Waals surface area contributed by atoms with Crippen LogP contribution in [0.2, 0.25) is 10.0 Å². The van der Waals surface area contributed by atoms with Gasteiger partial charge in [-0.15, -0.1) is 0 Å². The van der Waals surface area contributed by atoms with Crippen LogP contribution in [0.3, 0.4) is 0 Å². The van der Waals surface area contributed by atoms with E-state index in [1.165, 1.54) is 0 Å². The molecule has 3 aromatic rings. The molecule has 0 spiro atoms. The first-order chi connectivity index (χ1) is 16.4. The van der Waals surface area contributed by atoms with Crippen LogP contribution in [0.25, 0.3) is 0 Å². The van der Waals surface area contributed by atoms with Crippen LogP contribution in [-0.4, -0.2) is 16.8 Å². The van der Waals surface area contributed by atoms with E-state index in [0.29, 0.717) is 50.8 Å². The van der Waals surface area contributed by atoms with E-state index in [4.69, 9.17) is 28.9 Å². The molecule has 0 radical (unpaired) electrons. The summed E-state index contributed by atoms with van der Waals surface area (Å²) in [5, 5.41) is 0.807. The summed E-state index contributed by atoms with van der Waals surface area (Å²) in [6.45, 7) is 3.38. The zero-order valence-corrected chi connectivity index (χ0v) is 22.3. The maximum absolute atomic E-state index is 13.6. The van der Waals surface area contributed by atoms with Crippen molar-refractivity contribution in [3.05, 3.63) is 74.8 Å². The highest BCUT2D eigenvalue weighted by molar-refractivity contribution is 7.93. The Bertz CT molecular complexity index is 1540. The molecule has 0 saturated carbocycles. The van der Waals surface area contributed by atoms with Crippen molar-refractivity contribution in [2.75, 3.05) is 15.2 Å². The molecular weight excluding hydrogens is 529 g/mol. The molecule has 35 heavy (non-hydrogen) atoms. The van der Waals surface area contributed by atoms with Gasteiger partial charge in [-0.25, -0.2) is 16.8 Å². The highest BCUT2D eigenvalue weighted by Crippen LogP contribution is 2.38. The van der Waals surface area contributed by atoms with E-state index in [2.05, 4.69) is 9.44 Å². The van der Waals surface area contributed by atoms with E-state index >= 15 is 0 Å². The average Bonchev–Trinajstić information content (AvgIpc) is 2.80. The number of sulfonamides is 2. The fourth-order valence-corrected chi connectivity index (χ4v) is 7.38. The van der Waals surface area contributed by atoms with Crippen molar-refractivity contribution >= 4 is 60.3 Å². The van der Waals surface area contributed by atoms with Crippen molar-refractivity contribution < 1.29 is 16.8 Å². The van der Waals surface area contributed by atoms with E-state index in [0.717, 1.165) is 18.9 Å². The molecule has 11 heteroatoms. The Kier molecular flexibility index (Phi) is 6.98. The fourth-order valence-electron chi connectivity index (χ4n) is 4.20. The number of benzene rings is 3. The lowest BCUT2D eigenvalue weighted by Crippen LogP contribution is -2.23. The molecule has 3 aromatic carbocycles. The fraction of sp³-hybridized carbons (Fsp3) is 0.250. The topological polar surface area (TPSA) is 118 Å². The average molecular weight is 555 g/mol. The Balaban J connectivity index is 1.86. The van der Waals surface area contributed by atoms with Crippen LogP contribution in [0.4, 0.5) is 17.1 Å². The van der Waals surface area contributed by atoms with Gasteiger partial charge < -0.3 is 5.73 Å². The standard InChI is InChI=1S/C24H25Cl2N3O4S2/c1-14-18(25)9-5-11-20(14)28-34(30,31)22-13-23(24(27)17-8-4-3-7-16(17)22)35(32,33)29-21-12-6-10-19(26)15(21)2/h5-6,9-13,28-29H,3-4,7-8,27H2,1-2H3. The maximum Gasteiger partial charge on any atom is 0.264 e. The lowest BCUT2D eigenvalue weighted by molar-refractivity contribution is 0.594. The molecule has 4 N–H and O–H groups in total. The third kappa shape index (κ3) is 4.95. The molecule has 0 heterocycles. The quantitative estimate of drug-likeness (QED) is 0.339. The van der Waals surface area contributed by atoms with Crippen molar-refractivity contribution in [2.24, 2.45) is 0 Å². The van der Waals surface area contributed by atoms with Gasteiger partial charge >= 0.3 is 0 Å². The van der Waals surface area contributed by atoms with Crippen molar-refractivity contribution in [2.45, 2.75) is 49.3 Å². The van der Waals surface area contributed by atoms with Gasteiger partial charge in [0.15, 0.2) is 0 Å². The van der Waals surface area contributed by atoms with Gasteiger partial charge in [-0.1, -0.05) is 35.3 Å². The summed E-state index contributed by atoms with van der Waals surface area (Å²) in [4.78, 5) is -0.398. The highest BCUT2D eigenvalue weighted by atomic mass is 35.5. The number of halogens is 2. The molecule has 4 rings (SSSR count). The van der Waals surface area contributed by atoms with Crippen molar-refractivity contribution in [3.8, 4) is 0 Å². The smallest absolute Gasteiger partial charge is 0.264 e. The van der Waals surface area contributed by atoms with Crippen LogP contribution < -0.4 is 15.2 Å². The SMILES string of the molecule is Cc1c(Cl)cccc1NS(=O)(=O)c1cc(S(=O)(=O)Nc2cccc(Cl)c2C)c2c(c1N)CCCC2. The number of nitrogens with two attached hydrogens (primary N) is 1. The van der Waals surface area contributed by atoms with Crippen molar-refractivity contribution in [3.63, 3.8) is 0 Å². The molecule has 0 fully saturated rings. The lowest BCUT2D eigenvalue weighted by atomic mass is 9.90. The molecule has 1 aliphatic carbocycles. The van der Waals surface area contributed by atoms with E-state index in [-0.39, 0.29) is 21.2 Å². The van der Waals surface area contributed by atoms with Gasteiger partial charge in [0.25, 0.3) is 20.0 Å². The first-order valence-electron chi connectivity index (χ1n) is 10.9. The summed E-state index contributed by atoms with van der Waals surface area (Å²) in [5.41, 5.74) is 9.19. The van der Waals surface area contributed by atoms with Gasteiger partial charge in [0.1, 0.15) is 4.90 Å². The normalized spacial score (nSPS) is 13.8. The Morgan fingerprint density at radius 2 is 1.20 bits per heavy atom. The maximum atomic E-state index is 13.6. The molecule has 1 aliphatic rings. The summed E-state index contributed by atoms with van der Waals surface area (Å²) in [6, 6.07) is 10.9. The predicted octanol–water partition coefficient (Wildman–Crippen LogP) is 5.67. The number of fused-ring (bicyclic) bond motifs is 1.